The fourth-order valence-electron chi connectivity index (χ4n) is 2.24. The minimum atomic E-state index is -0.602. The van der Waals surface area contributed by atoms with Crippen molar-refractivity contribution in [2.24, 2.45) is 0 Å². The summed E-state index contributed by atoms with van der Waals surface area (Å²) in [5.41, 5.74) is -0.526. The lowest BCUT2D eigenvalue weighted by atomic mass is 10.1. The van der Waals surface area contributed by atoms with Crippen molar-refractivity contribution in [2.45, 2.75) is 84.2 Å². The van der Waals surface area contributed by atoms with Gasteiger partial charge in [-0.15, -0.1) is 0 Å². The lowest BCUT2D eigenvalue weighted by molar-refractivity contribution is -0.0484. The number of carbonyl (C=O) groups excluding carboxylic acids is 1. The quantitative estimate of drug-likeness (QED) is 0.560. The maximum Gasteiger partial charge on any atom is 0.509 e. The van der Waals surface area contributed by atoms with Gasteiger partial charge in [-0.1, -0.05) is 19.1 Å². The smallest absolute Gasteiger partial charge is 0.429 e. The standard InChI is InChI=1S/C16H28O4/c1-6-7-8-9-10-13-14(11-12(2)18-13)19-15(17)20-16(3,4)5/h7-8,12-14H,6,9-11H2,1-5H3. The summed E-state index contributed by atoms with van der Waals surface area (Å²) in [6, 6.07) is 0. The van der Waals surface area contributed by atoms with Gasteiger partial charge in [-0.05, 0) is 47.0 Å². The summed E-state index contributed by atoms with van der Waals surface area (Å²) < 4.78 is 16.4. The summed E-state index contributed by atoms with van der Waals surface area (Å²) in [5.74, 6) is 0. The molecule has 0 saturated carbocycles. The monoisotopic (exact) mass is 284 g/mol. The Balaban J connectivity index is 2.45. The minimum absolute atomic E-state index is 0.0287. The molecule has 1 saturated heterocycles. The summed E-state index contributed by atoms with van der Waals surface area (Å²) in [6.07, 6.45) is 7.18. The maximum absolute atomic E-state index is 11.7. The van der Waals surface area contributed by atoms with Crippen molar-refractivity contribution in [1.82, 2.24) is 0 Å². The third-order valence-corrected chi connectivity index (χ3v) is 3.04. The molecule has 0 bridgehead atoms. The van der Waals surface area contributed by atoms with E-state index in [0.717, 1.165) is 25.7 Å². The van der Waals surface area contributed by atoms with Crippen molar-refractivity contribution < 1.29 is 19.0 Å². The number of carbonyl (C=O) groups is 1. The number of hydrogen-bond acceptors (Lipinski definition) is 4. The van der Waals surface area contributed by atoms with Gasteiger partial charge in [0.15, 0.2) is 0 Å². The summed E-state index contributed by atoms with van der Waals surface area (Å²) >= 11 is 0. The second-order valence-electron chi connectivity index (χ2n) is 6.30. The van der Waals surface area contributed by atoms with Crippen molar-refractivity contribution in [3.8, 4) is 0 Å². The summed E-state index contributed by atoms with van der Waals surface area (Å²) in [5, 5.41) is 0. The predicted octanol–water partition coefficient (Wildman–Crippen LogP) is 4.23. The molecular formula is C16H28O4. The van der Waals surface area contributed by atoms with E-state index >= 15 is 0 Å². The van der Waals surface area contributed by atoms with Gasteiger partial charge in [-0.3, -0.25) is 0 Å². The maximum atomic E-state index is 11.7. The number of ether oxygens (including phenoxy) is 3. The molecule has 20 heavy (non-hydrogen) atoms. The van der Waals surface area contributed by atoms with E-state index in [-0.39, 0.29) is 18.3 Å². The molecule has 1 fully saturated rings. The van der Waals surface area contributed by atoms with Crippen LogP contribution >= 0.6 is 0 Å². The van der Waals surface area contributed by atoms with Gasteiger partial charge in [-0.2, -0.15) is 0 Å². The van der Waals surface area contributed by atoms with Gasteiger partial charge in [0.2, 0.25) is 0 Å². The third-order valence-electron chi connectivity index (χ3n) is 3.04. The van der Waals surface area contributed by atoms with Crippen LogP contribution in [0.25, 0.3) is 0 Å². The Morgan fingerprint density at radius 2 is 2.05 bits per heavy atom. The van der Waals surface area contributed by atoms with Crippen LogP contribution in [0.5, 0.6) is 0 Å². The van der Waals surface area contributed by atoms with E-state index in [2.05, 4.69) is 19.1 Å². The van der Waals surface area contributed by atoms with E-state index in [9.17, 15) is 4.79 Å². The molecule has 0 aromatic carbocycles. The van der Waals surface area contributed by atoms with Crippen LogP contribution in [0.4, 0.5) is 4.79 Å². The van der Waals surface area contributed by atoms with Gasteiger partial charge >= 0.3 is 6.16 Å². The lowest BCUT2D eigenvalue weighted by Gasteiger charge is -2.22. The first-order valence-electron chi connectivity index (χ1n) is 7.52. The molecular weight excluding hydrogens is 256 g/mol. The van der Waals surface area contributed by atoms with Crippen LogP contribution in [0.3, 0.4) is 0 Å². The zero-order valence-electron chi connectivity index (χ0n) is 13.3. The molecule has 0 amide bonds. The Morgan fingerprint density at radius 1 is 1.35 bits per heavy atom. The third kappa shape index (κ3) is 6.42. The largest absolute Gasteiger partial charge is 0.509 e. The van der Waals surface area contributed by atoms with E-state index in [1.54, 1.807) is 0 Å². The topological polar surface area (TPSA) is 44.8 Å². The summed E-state index contributed by atoms with van der Waals surface area (Å²) in [7, 11) is 0. The normalized spacial score (nSPS) is 26.9. The average molecular weight is 284 g/mol. The van der Waals surface area contributed by atoms with Gasteiger partial charge in [0.25, 0.3) is 0 Å². The highest BCUT2D eigenvalue weighted by atomic mass is 16.7. The molecule has 1 aliphatic heterocycles. The molecule has 0 radical (unpaired) electrons. The zero-order valence-corrected chi connectivity index (χ0v) is 13.3. The van der Waals surface area contributed by atoms with Crippen molar-refractivity contribution in [2.75, 3.05) is 0 Å². The summed E-state index contributed by atoms with van der Waals surface area (Å²) in [6.45, 7) is 9.60. The van der Waals surface area contributed by atoms with Gasteiger partial charge in [-0.25, -0.2) is 4.79 Å². The van der Waals surface area contributed by atoms with Crippen LogP contribution in [-0.4, -0.2) is 30.1 Å². The zero-order chi connectivity index (χ0) is 15.2. The Morgan fingerprint density at radius 3 is 2.65 bits per heavy atom. The molecule has 4 nitrogen and oxygen atoms in total. The van der Waals surface area contributed by atoms with Crippen LogP contribution in [0.15, 0.2) is 12.2 Å². The molecule has 3 atom stereocenters. The SMILES string of the molecule is CCC=CCCC1OC(C)CC1OC(=O)OC(C)(C)C. The minimum Gasteiger partial charge on any atom is -0.429 e. The molecule has 4 heteroatoms. The van der Waals surface area contributed by atoms with Crippen molar-refractivity contribution in [3.05, 3.63) is 12.2 Å². The van der Waals surface area contributed by atoms with E-state index in [1.165, 1.54) is 0 Å². The predicted molar refractivity (Wildman–Crippen MR) is 78.7 cm³/mol. The van der Waals surface area contributed by atoms with Crippen LogP contribution in [0, 0.1) is 0 Å². The number of allylic oxidation sites excluding steroid dienone is 2. The Labute approximate surface area is 122 Å². The Kier molecular flexibility index (Phi) is 6.53. The molecule has 1 heterocycles. The fourth-order valence-corrected chi connectivity index (χ4v) is 2.24. The summed E-state index contributed by atoms with van der Waals surface area (Å²) in [4.78, 5) is 11.7. The molecule has 0 N–H and O–H groups in total. The molecule has 0 spiro atoms. The molecule has 1 aliphatic rings. The molecule has 0 aromatic rings. The Bertz CT molecular complexity index is 330. The van der Waals surface area contributed by atoms with Crippen molar-refractivity contribution in [1.29, 1.82) is 0 Å². The van der Waals surface area contributed by atoms with Gasteiger partial charge in [0, 0.05) is 6.42 Å². The molecule has 0 aliphatic carbocycles. The van der Waals surface area contributed by atoms with Crippen molar-refractivity contribution >= 4 is 6.16 Å². The van der Waals surface area contributed by atoms with Crippen LogP contribution in [-0.2, 0) is 14.2 Å². The van der Waals surface area contributed by atoms with Crippen LogP contribution in [0.1, 0.15) is 60.3 Å². The molecule has 1 rings (SSSR count). The number of hydrogen-bond donors (Lipinski definition) is 0. The highest BCUT2D eigenvalue weighted by molar-refractivity contribution is 5.60. The lowest BCUT2D eigenvalue weighted by Crippen LogP contribution is -2.31. The average Bonchev–Trinajstić information content (AvgIpc) is 2.62. The Hall–Kier alpha value is -1.03. The van der Waals surface area contributed by atoms with E-state index in [1.807, 2.05) is 27.7 Å². The molecule has 3 unspecified atom stereocenters. The van der Waals surface area contributed by atoms with Crippen LogP contribution < -0.4 is 0 Å². The molecule has 0 aromatic heterocycles. The van der Waals surface area contributed by atoms with E-state index in [0.29, 0.717) is 0 Å². The number of rotatable bonds is 5. The van der Waals surface area contributed by atoms with E-state index in [4.69, 9.17) is 14.2 Å². The first-order valence-corrected chi connectivity index (χ1v) is 7.52. The fraction of sp³-hybridized carbons (Fsp3) is 0.812. The first kappa shape index (κ1) is 17.0. The first-order chi connectivity index (χ1) is 9.31. The van der Waals surface area contributed by atoms with Gasteiger partial charge in [0.1, 0.15) is 11.7 Å². The molecule has 116 valence electrons. The highest BCUT2D eigenvalue weighted by Gasteiger charge is 2.36. The highest BCUT2D eigenvalue weighted by Crippen LogP contribution is 2.27. The van der Waals surface area contributed by atoms with Gasteiger partial charge in [0.05, 0.1) is 12.2 Å². The van der Waals surface area contributed by atoms with Crippen LogP contribution in [0.2, 0.25) is 0 Å². The second-order valence-corrected chi connectivity index (χ2v) is 6.30. The second kappa shape index (κ2) is 7.67. The van der Waals surface area contributed by atoms with Crippen molar-refractivity contribution in [3.63, 3.8) is 0 Å². The van der Waals surface area contributed by atoms with E-state index < -0.39 is 11.8 Å². The van der Waals surface area contributed by atoms with Gasteiger partial charge < -0.3 is 14.2 Å².